The third-order valence-corrected chi connectivity index (χ3v) is 6.98. The molecule has 4 rings (SSSR count). The predicted octanol–water partition coefficient (Wildman–Crippen LogP) is 5.31. The second kappa shape index (κ2) is 9.12. The van der Waals surface area contributed by atoms with Crippen LogP contribution >= 0.6 is 0 Å². The van der Waals surface area contributed by atoms with E-state index in [2.05, 4.69) is 0 Å². The summed E-state index contributed by atoms with van der Waals surface area (Å²) in [6, 6.07) is 8.80. The average molecular weight is 580 g/mol. The number of benzene rings is 3. The monoisotopic (exact) mass is 580 g/mol. The van der Waals surface area contributed by atoms with Crippen LogP contribution in [0.3, 0.4) is 0 Å². The van der Waals surface area contributed by atoms with Gasteiger partial charge in [-0.05, 0) is 47.5 Å². The van der Waals surface area contributed by atoms with Crippen molar-refractivity contribution in [3.8, 4) is 11.1 Å². The van der Waals surface area contributed by atoms with Crippen LogP contribution < -0.4 is 10.4 Å². The van der Waals surface area contributed by atoms with Crippen molar-refractivity contribution in [1.82, 2.24) is 5.43 Å². The first-order valence-electron chi connectivity index (χ1n) is 10.6. The van der Waals surface area contributed by atoms with Gasteiger partial charge in [-0.3, -0.25) is 5.43 Å². The third kappa shape index (κ3) is 4.65. The Morgan fingerprint density at radius 2 is 1.51 bits per heavy atom. The second-order valence-electron chi connectivity index (χ2n) is 8.51. The van der Waals surface area contributed by atoms with Gasteiger partial charge in [0.05, 0.1) is 16.1 Å². The lowest BCUT2D eigenvalue weighted by molar-refractivity contribution is -0.266. The first-order chi connectivity index (χ1) is 17.9. The Labute approximate surface area is 215 Å². The Balaban J connectivity index is 1.99. The van der Waals surface area contributed by atoms with E-state index in [-0.39, 0.29) is 27.1 Å². The van der Waals surface area contributed by atoms with Crippen LogP contribution in [0.2, 0.25) is 0 Å². The topological polar surface area (TPSA) is 89.9 Å². The van der Waals surface area contributed by atoms with Gasteiger partial charge in [-0.2, -0.15) is 22.0 Å². The number of halogens is 8. The maximum Gasteiger partial charge on any atom is 0.459 e. The van der Waals surface area contributed by atoms with Crippen molar-refractivity contribution in [2.24, 2.45) is 0 Å². The van der Waals surface area contributed by atoms with Gasteiger partial charge in [-0.25, -0.2) is 26.6 Å². The van der Waals surface area contributed by atoms with Crippen LogP contribution in [0.25, 0.3) is 11.1 Å². The lowest BCUT2D eigenvalue weighted by atomic mass is 9.94. The number of nitrogens with zero attached hydrogens (tertiary/aromatic N) is 1. The summed E-state index contributed by atoms with van der Waals surface area (Å²) in [4.78, 5) is -0.183. The number of hydrogen-bond acceptors (Lipinski definition) is 6. The number of sulfone groups is 1. The van der Waals surface area contributed by atoms with Gasteiger partial charge in [-0.1, -0.05) is 18.2 Å². The van der Waals surface area contributed by atoms with Crippen molar-refractivity contribution < 1.29 is 53.8 Å². The van der Waals surface area contributed by atoms with Gasteiger partial charge in [0.1, 0.15) is 11.6 Å². The van der Waals surface area contributed by atoms with Crippen LogP contribution in [0.15, 0.2) is 77.0 Å². The molecule has 39 heavy (non-hydrogen) atoms. The molecule has 0 fully saturated rings. The minimum absolute atomic E-state index is 0.0753. The summed E-state index contributed by atoms with van der Waals surface area (Å²) >= 11 is 0. The van der Waals surface area contributed by atoms with Crippen molar-refractivity contribution in [3.63, 3.8) is 0 Å². The molecule has 0 saturated heterocycles. The number of aliphatic hydroxyl groups excluding tert-OH is 1. The normalized spacial score (nSPS) is 18.5. The van der Waals surface area contributed by atoms with Gasteiger partial charge in [0.25, 0.3) is 0 Å². The third-order valence-electron chi connectivity index (χ3n) is 5.87. The van der Waals surface area contributed by atoms with Gasteiger partial charge < -0.3 is 10.2 Å². The quantitative estimate of drug-likeness (QED) is 0.355. The van der Waals surface area contributed by atoms with Crippen molar-refractivity contribution in [2.75, 3.05) is 11.3 Å². The molecule has 1 aliphatic rings. The van der Waals surface area contributed by atoms with Crippen LogP contribution in [0, 0.1) is 17.5 Å². The summed E-state index contributed by atoms with van der Waals surface area (Å²) in [5.74, 6) is -12.2. The van der Waals surface area contributed by atoms with Gasteiger partial charge in [0.2, 0.25) is 5.72 Å². The van der Waals surface area contributed by atoms with E-state index in [9.17, 15) is 49.4 Å². The molecule has 0 aromatic heterocycles. The molecule has 0 radical (unpaired) electrons. The van der Waals surface area contributed by atoms with E-state index in [1.807, 2.05) is 0 Å². The zero-order valence-corrected chi connectivity index (χ0v) is 20.2. The van der Waals surface area contributed by atoms with E-state index >= 15 is 4.39 Å². The molecule has 0 saturated carbocycles. The molecule has 0 amide bonds. The molecule has 3 aromatic carbocycles. The largest absolute Gasteiger partial charge is 0.505 e. The standard InChI is InChI=1S/C24H16F8N2O4S/c1-39(37,38)15-4-2-3-12(9-15)13-5-7-17(26)16(10-13)22(36)21(35)20(23(28,29)24(30,31)32)33-34(22)19-8-6-14(25)11-18(19)27/h2-11,33,35-36H,1H3. The van der Waals surface area contributed by atoms with Crippen LogP contribution in [0.4, 0.5) is 40.8 Å². The van der Waals surface area contributed by atoms with Gasteiger partial charge in [0, 0.05) is 12.3 Å². The maximum absolute atomic E-state index is 15.1. The SMILES string of the molecule is CS(=O)(=O)c1cccc(-c2ccc(F)c(C3(O)C(O)=C(C(F)(F)C(F)(F)F)NN3c3ccc(F)cc3F)c2)c1. The number of hydrazine groups is 1. The Morgan fingerprint density at radius 3 is 2.10 bits per heavy atom. The highest BCUT2D eigenvalue weighted by atomic mass is 32.2. The minimum Gasteiger partial charge on any atom is -0.505 e. The van der Waals surface area contributed by atoms with Crippen molar-refractivity contribution in [1.29, 1.82) is 0 Å². The molecule has 15 heteroatoms. The van der Waals surface area contributed by atoms with Gasteiger partial charge in [0.15, 0.2) is 27.1 Å². The summed E-state index contributed by atoms with van der Waals surface area (Å²) in [6.45, 7) is 0. The summed E-state index contributed by atoms with van der Waals surface area (Å²) in [5.41, 5.74) is -6.75. The average Bonchev–Trinajstić information content (AvgIpc) is 3.10. The highest BCUT2D eigenvalue weighted by molar-refractivity contribution is 7.90. The lowest BCUT2D eigenvalue weighted by Crippen LogP contribution is -2.51. The van der Waals surface area contributed by atoms with E-state index in [1.165, 1.54) is 23.6 Å². The molecule has 6 nitrogen and oxygen atoms in total. The summed E-state index contributed by atoms with van der Waals surface area (Å²) in [5, 5.41) is 21.9. The highest BCUT2D eigenvalue weighted by Gasteiger charge is 2.67. The van der Waals surface area contributed by atoms with Crippen LogP contribution in [-0.2, 0) is 15.6 Å². The molecule has 1 atom stereocenters. The van der Waals surface area contributed by atoms with E-state index < -0.39 is 67.8 Å². The first kappa shape index (κ1) is 28.2. The van der Waals surface area contributed by atoms with E-state index in [4.69, 9.17) is 0 Å². The summed E-state index contributed by atoms with van der Waals surface area (Å²) in [7, 11) is -3.73. The van der Waals surface area contributed by atoms with E-state index in [0.29, 0.717) is 18.2 Å². The Hall–Kier alpha value is -3.85. The van der Waals surface area contributed by atoms with Crippen molar-refractivity contribution >= 4 is 15.5 Å². The van der Waals surface area contributed by atoms with Crippen LogP contribution in [0.1, 0.15) is 5.56 Å². The molecule has 0 spiro atoms. The summed E-state index contributed by atoms with van der Waals surface area (Å²) in [6.07, 6.45) is -5.43. The molecule has 0 bridgehead atoms. The maximum atomic E-state index is 15.1. The van der Waals surface area contributed by atoms with Gasteiger partial charge in [-0.15, -0.1) is 0 Å². The number of nitrogens with one attached hydrogen (secondary N) is 1. The number of hydrogen-bond donors (Lipinski definition) is 3. The van der Waals surface area contributed by atoms with Crippen molar-refractivity contribution in [3.05, 3.63) is 95.1 Å². The van der Waals surface area contributed by atoms with Crippen LogP contribution in [-0.4, -0.2) is 37.0 Å². The molecule has 0 aliphatic carbocycles. The fourth-order valence-corrected chi connectivity index (χ4v) is 4.58. The van der Waals surface area contributed by atoms with E-state index in [1.54, 1.807) is 0 Å². The Kier molecular flexibility index (Phi) is 6.59. The smallest absolute Gasteiger partial charge is 0.459 e. The molecule has 208 valence electrons. The molecule has 1 heterocycles. The molecule has 3 aromatic rings. The number of rotatable bonds is 5. The second-order valence-corrected chi connectivity index (χ2v) is 10.5. The molecule has 1 aliphatic heterocycles. The fraction of sp³-hybridized carbons (Fsp3) is 0.167. The summed E-state index contributed by atoms with van der Waals surface area (Å²) < 4.78 is 135. The number of anilines is 1. The van der Waals surface area contributed by atoms with Crippen LogP contribution in [0.5, 0.6) is 0 Å². The predicted molar refractivity (Wildman–Crippen MR) is 121 cm³/mol. The fourth-order valence-electron chi connectivity index (χ4n) is 3.91. The molecular formula is C24H16F8N2O4S. The van der Waals surface area contributed by atoms with Crippen molar-refractivity contribution in [2.45, 2.75) is 22.7 Å². The van der Waals surface area contributed by atoms with E-state index in [0.717, 1.165) is 24.5 Å². The molecule has 1 unspecified atom stereocenters. The zero-order valence-electron chi connectivity index (χ0n) is 19.4. The lowest BCUT2D eigenvalue weighted by Gasteiger charge is -2.35. The number of alkyl halides is 5. The highest BCUT2D eigenvalue weighted by Crippen LogP contribution is 2.50. The number of allylic oxidation sites excluding steroid dienone is 1. The Bertz CT molecular complexity index is 1610. The minimum atomic E-state index is -6.33. The molecule has 3 N–H and O–H groups in total. The number of aliphatic hydroxyl groups is 2. The molecular weight excluding hydrogens is 564 g/mol. The zero-order chi connectivity index (χ0) is 29.1. The van der Waals surface area contributed by atoms with Gasteiger partial charge >= 0.3 is 12.1 Å². The first-order valence-corrected chi connectivity index (χ1v) is 12.5. The Morgan fingerprint density at radius 1 is 0.872 bits per heavy atom.